The predicted octanol–water partition coefficient (Wildman–Crippen LogP) is 4.24. The zero-order valence-corrected chi connectivity index (χ0v) is 15.0. The largest absolute Gasteiger partial charge is 0.377 e. The fourth-order valence-corrected chi connectivity index (χ4v) is 3.78. The van der Waals surface area contributed by atoms with Crippen LogP contribution in [0.2, 0.25) is 10.0 Å². The first-order chi connectivity index (χ1) is 11.0. The SMILES string of the molecule is CN(C)c1ccccc1CS(=O)c1nc2cc(Cl)c(Cl)cc2[nH]1. The molecule has 1 unspecified atom stereocenters. The molecular weight excluding hydrogens is 353 g/mol. The number of imidazole rings is 1. The Morgan fingerprint density at radius 2 is 1.87 bits per heavy atom. The van der Waals surface area contributed by atoms with Gasteiger partial charge in [-0.2, -0.15) is 0 Å². The van der Waals surface area contributed by atoms with Crippen molar-refractivity contribution in [1.29, 1.82) is 0 Å². The van der Waals surface area contributed by atoms with Gasteiger partial charge in [-0.3, -0.25) is 4.21 Å². The molecule has 0 fully saturated rings. The zero-order chi connectivity index (χ0) is 16.6. The number of H-pyrrole nitrogens is 1. The Bertz CT molecular complexity index is 853. The number of fused-ring (bicyclic) bond motifs is 1. The van der Waals surface area contributed by atoms with Gasteiger partial charge >= 0.3 is 0 Å². The third kappa shape index (κ3) is 3.37. The molecule has 1 N–H and O–H groups in total. The van der Waals surface area contributed by atoms with Crippen LogP contribution in [0.25, 0.3) is 11.0 Å². The Labute approximate surface area is 146 Å². The molecule has 0 radical (unpaired) electrons. The van der Waals surface area contributed by atoms with Crippen LogP contribution in [0.4, 0.5) is 5.69 Å². The lowest BCUT2D eigenvalue weighted by molar-refractivity contribution is 0.677. The van der Waals surface area contributed by atoms with E-state index < -0.39 is 10.8 Å². The molecule has 0 saturated carbocycles. The third-order valence-electron chi connectivity index (χ3n) is 3.48. The van der Waals surface area contributed by atoms with E-state index in [-0.39, 0.29) is 0 Å². The minimum Gasteiger partial charge on any atom is -0.377 e. The Hall–Kier alpha value is -1.56. The summed E-state index contributed by atoms with van der Waals surface area (Å²) in [6.07, 6.45) is 0. The molecule has 7 heteroatoms. The van der Waals surface area contributed by atoms with Crippen molar-refractivity contribution in [1.82, 2.24) is 9.97 Å². The van der Waals surface area contributed by atoms with E-state index in [9.17, 15) is 4.21 Å². The minimum atomic E-state index is -1.29. The van der Waals surface area contributed by atoms with Gasteiger partial charge in [-0.25, -0.2) is 4.98 Å². The number of halogens is 2. The van der Waals surface area contributed by atoms with Crippen LogP contribution in [-0.4, -0.2) is 28.3 Å². The third-order valence-corrected chi connectivity index (χ3v) is 5.40. The van der Waals surface area contributed by atoms with E-state index in [2.05, 4.69) is 9.97 Å². The van der Waals surface area contributed by atoms with Crippen LogP contribution >= 0.6 is 23.2 Å². The highest BCUT2D eigenvalue weighted by Gasteiger charge is 2.14. The summed E-state index contributed by atoms with van der Waals surface area (Å²) in [5, 5.41) is 1.30. The molecule has 1 aromatic heterocycles. The average Bonchev–Trinajstić information content (AvgIpc) is 2.91. The van der Waals surface area contributed by atoms with E-state index in [0.717, 1.165) is 16.8 Å². The van der Waals surface area contributed by atoms with E-state index in [0.29, 0.717) is 26.5 Å². The molecule has 2 aromatic carbocycles. The second kappa shape index (κ2) is 6.51. The van der Waals surface area contributed by atoms with Gasteiger partial charge in [0.1, 0.15) is 0 Å². The first kappa shape index (κ1) is 16.3. The summed E-state index contributed by atoms with van der Waals surface area (Å²) < 4.78 is 12.7. The standard InChI is InChI=1S/C16H15Cl2N3OS/c1-21(2)15-6-4-3-5-10(15)9-23(22)16-19-13-7-11(17)12(18)8-14(13)20-16/h3-8H,9H2,1-2H3,(H,19,20). The number of hydrogen-bond acceptors (Lipinski definition) is 3. The van der Waals surface area contributed by atoms with Gasteiger partial charge in [0.2, 0.25) is 0 Å². The Morgan fingerprint density at radius 1 is 1.17 bits per heavy atom. The quantitative estimate of drug-likeness (QED) is 0.749. The number of para-hydroxylation sites is 1. The van der Waals surface area contributed by atoms with E-state index in [1.54, 1.807) is 12.1 Å². The normalized spacial score (nSPS) is 12.5. The second-order valence-electron chi connectivity index (χ2n) is 5.34. The van der Waals surface area contributed by atoms with Gasteiger partial charge < -0.3 is 9.88 Å². The first-order valence-electron chi connectivity index (χ1n) is 6.94. The summed E-state index contributed by atoms with van der Waals surface area (Å²) in [5.74, 6) is 0.385. The van der Waals surface area contributed by atoms with Gasteiger partial charge in [0.05, 0.1) is 37.6 Å². The van der Waals surface area contributed by atoms with Crippen molar-refractivity contribution in [3.63, 3.8) is 0 Å². The monoisotopic (exact) mass is 367 g/mol. The Morgan fingerprint density at radius 3 is 2.61 bits per heavy atom. The number of benzene rings is 2. The van der Waals surface area contributed by atoms with E-state index in [4.69, 9.17) is 23.2 Å². The maximum atomic E-state index is 12.7. The summed E-state index contributed by atoms with van der Waals surface area (Å²) in [7, 11) is 2.64. The summed E-state index contributed by atoms with van der Waals surface area (Å²) in [5.41, 5.74) is 3.43. The second-order valence-corrected chi connectivity index (χ2v) is 7.52. The molecular formula is C16H15Cl2N3OS. The van der Waals surface area contributed by atoms with Crippen LogP contribution in [0.5, 0.6) is 0 Å². The fraction of sp³-hybridized carbons (Fsp3) is 0.188. The van der Waals surface area contributed by atoms with Crippen molar-refractivity contribution >= 4 is 50.7 Å². The maximum absolute atomic E-state index is 12.7. The molecule has 1 heterocycles. The molecule has 0 bridgehead atoms. The van der Waals surface area contributed by atoms with Crippen LogP contribution in [0.1, 0.15) is 5.56 Å². The molecule has 23 heavy (non-hydrogen) atoms. The lowest BCUT2D eigenvalue weighted by Crippen LogP contribution is -2.12. The number of anilines is 1. The molecule has 3 rings (SSSR count). The number of rotatable bonds is 4. The summed E-state index contributed by atoms with van der Waals surface area (Å²) in [6.45, 7) is 0. The topological polar surface area (TPSA) is 49.0 Å². The lowest BCUT2D eigenvalue weighted by Gasteiger charge is -2.16. The van der Waals surface area contributed by atoms with Crippen molar-refractivity contribution in [2.75, 3.05) is 19.0 Å². The summed E-state index contributed by atoms with van der Waals surface area (Å²) in [6, 6.07) is 11.3. The molecule has 0 aliphatic rings. The van der Waals surface area contributed by atoms with E-state index in [1.807, 2.05) is 43.3 Å². The number of hydrogen-bond donors (Lipinski definition) is 1. The predicted molar refractivity (Wildman–Crippen MR) is 97.0 cm³/mol. The molecule has 4 nitrogen and oxygen atoms in total. The molecule has 0 amide bonds. The van der Waals surface area contributed by atoms with Crippen molar-refractivity contribution in [3.8, 4) is 0 Å². The first-order valence-corrected chi connectivity index (χ1v) is 9.01. The summed E-state index contributed by atoms with van der Waals surface area (Å²) >= 11 is 12.0. The Balaban J connectivity index is 1.92. The fourth-order valence-electron chi connectivity index (χ4n) is 2.37. The highest BCUT2D eigenvalue weighted by molar-refractivity contribution is 7.84. The van der Waals surface area contributed by atoms with Crippen molar-refractivity contribution in [2.24, 2.45) is 0 Å². The van der Waals surface area contributed by atoms with Crippen LogP contribution in [0.3, 0.4) is 0 Å². The van der Waals surface area contributed by atoms with Crippen LogP contribution in [-0.2, 0) is 16.6 Å². The number of nitrogens with one attached hydrogen (secondary N) is 1. The summed E-state index contributed by atoms with van der Waals surface area (Å²) in [4.78, 5) is 9.44. The smallest absolute Gasteiger partial charge is 0.197 e. The van der Waals surface area contributed by atoms with E-state index >= 15 is 0 Å². The van der Waals surface area contributed by atoms with Crippen LogP contribution < -0.4 is 4.90 Å². The molecule has 0 aliphatic carbocycles. The lowest BCUT2D eigenvalue weighted by atomic mass is 10.2. The van der Waals surface area contributed by atoms with Gasteiger partial charge in [0, 0.05) is 19.8 Å². The molecule has 120 valence electrons. The van der Waals surface area contributed by atoms with Gasteiger partial charge in [0.15, 0.2) is 5.16 Å². The van der Waals surface area contributed by atoms with Crippen molar-refractivity contribution in [2.45, 2.75) is 10.9 Å². The van der Waals surface area contributed by atoms with Gasteiger partial charge in [-0.05, 0) is 23.8 Å². The van der Waals surface area contributed by atoms with E-state index in [1.165, 1.54) is 0 Å². The van der Waals surface area contributed by atoms with Crippen molar-refractivity contribution < 1.29 is 4.21 Å². The van der Waals surface area contributed by atoms with Crippen molar-refractivity contribution in [3.05, 3.63) is 52.0 Å². The highest BCUT2D eigenvalue weighted by Crippen LogP contribution is 2.28. The van der Waals surface area contributed by atoms with Gasteiger partial charge in [0.25, 0.3) is 0 Å². The Kier molecular flexibility index (Phi) is 4.62. The zero-order valence-electron chi connectivity index (χ0n) is 12.6. The highest BCUT2D eigenvalue weighted by atomic mass is 35.5. The molecule has 1 atom stereocenters. The van der Waals surface area contributed by atoms with Gasteiger partial charge in [-0.1, -0.05) is 41.4 Å². The number of aromatic nitrogens is 2. The maximum Gasteiger partial charge on any atom is 0.197 e. The minimum absolute atomic E-state index is 0.385. The van der Waals surface area contributed by atoms with Crippen LogP contribution in [0.15, 0.2) is 41.6 Å². The number of aromatic amines is 1. The molecule has 3 aromatic rings. The molecule has 0 aliphatic heterocycles. The van der Waals surface area contributed by atoms with Gasteiger partial charge in [-0.15, -0.1) is 0 Å². The molecule has 0 spiro atoms. The average molecular weight is 368 g/mol. The van der Waals surface area contributed by atoms with Crippen LogP contribution in [0, 0.1) is 0 Å². The molecule has 0 saturated heterocycles. The number of nitrogens with zero attached hydrogens (tertiary/aromatic N) is 2.